The molecule has 0 aliphatic heterocycles. The maximum Gasteiger partial charge on any atom is 0.134 e. The molecule has 4 heteroatoms. The van der Waals surface area contributed by atoms with E-state index in [0.29, 0.717) is 6.61 Å². The molecule has 0 aliphatic carbocycles. The van der Waals surface area contributed by atoms with E-state index in [-0.39, 0.29) is 0 Å². The zero-order chi connectivity index (χ0) is 18.5. The van der Waals surface area contributed by atoms with E-state index in [0.717, 1.165) is 31.5 Å². The number of ether oxygens (including phenoxy) is 1. The van der Waals surface area contributed by atoms with Crippen LogP contribution in [0.1, 0.15) is 22.3 Å². The van der Waals surface area contributed by atoms with Gasteiger partial charge in [0.2, 0.25) is 0 Å². The van der Waals surface area contributed by atoms with Gasteiger partial charge >= 0.3 is 0 Å². The first-order chi connectivity index (χ1) is 12.5. The molecule has 0 fully saturated rings. The van der Waals surface area contributed by atoms with E-state index in [1.165, 1.54) is 11.1 Å². The van der Waals surface area contributed by atoms with E-state index < -0.39 is 0 Å². The van der Waals surface area contributed by atoms with Crippen LogP contribution in [-0.2, 0) is 6.61 Å². The third-order valence-electron chi connectivity index (χ3n) is 4.19. The summed E-state index contributed by atoms with van der Waals surface area (Å²) in [5, 5.41) is 0. The lowest BCUT2D eigenvalue weighted by Gasteiger charge is -2.09. The normalized spacial score (nSPS) is 11.1. The molecular formula is C22H19Br2NO. The molecule has 0 bridgehead atoms. The van der Waals surface area contributed by atoms with Crippen LogP contribution >= 0.6 is 31.9 Å². The molecule has 0 atom stereocenters. The summed E-state index contributed by atoms with van der Waals surface area (Å²) in [6.07, 6.45) is 1.88. The van der Waals surface area contributed by atoms with Crippen molar-refractivity contribution < 1.29 is 4.74 Å². The Kier molecular flexibility index (Phi) is 6.28. The molecule has 0 saturated heterocycles. The van der Waals surface area contributed by atoms with Crippen molar-refractivity contribution in [3.8, 4) is 5.75 Å². The van der Waals surface area contributed by atoms with Crippen molar-refractivity contribution >= 4 is 43.8 Å². The van der Waals surface area contributed by atoms with E-state index in [1.54, 1.807) is 0 Å². The molecule has 0 spiro atoms. The van der Waals surface area contributed by atoms with Crippen LogP contribution in [0.5, 0.6) is 5.75 Å². The molecular weight excluding hydrogens is 454 g/mol. The van der Waals surface area contributed by atoms with Gasteiger partial charge in [-0.1, -0.05) is 40.2 Å². The van der Waals surface area contributed by atoms with Crippen LogP contribution in [0.25, 0.3) is 0 Å². The lowest BCUT2D eigenvalue weighted by Crippen LogP contribution is -1.96. The molecule has 3 rings (SSSR count). The summed E-state index contributed by atoms with van der Waals surface area (Å²) in [6, 6.07) is 20.3. The Morgan fingerprint density at radius 2 is 1.73 bits per heavy atom. The molecule has 3 aromatic carbocycles. The van der Waals surface area contributed by atoms with Crippen LogP contribution in [0, 0.1) is 13.8 Å². The first-order valence-corrected chi connectivity index (χ1v) is 9.88. The van der Waals surface area contributed by atoms with E-state index in [4.69, 9.17) is 4.74 Å². The predicted molar refractivity (Wildman–Crippen MR) is 116 cm³/mol. The summed E-state index contributed by atoms with van der Waals surface area (Å²) < 4.78 is 7.89. The number of aliphatic imine (C=N–C) groups is 1. The fraction of sp³-hybridized carbons (Fsp3) is 0.136. The number of rotatable bonds is 5. The SMILES string of the molecule is Cc1cccc(N=Cc2ccc(OCc3ccc(Br)cc3)c(Br)c2)c1C. The van der Waals surface area contributed by atoms with E-state index in [1.807, 2.05) is 60.8 Å². The summed E-state index contributed by atoms with van der Waals surface area (Å²) in [5.74, 6) is 0.816. The van der Waals surface area contributed by atoms with Crippen LogP contribution in [0.2, 0.25) is 0 Å². The third-order valence-corrected chi connectivity index (χ3v) is 5.34. The summed E-state index contributed by atoms with van der Waals surface area (Å²) in [6.45, 7) is 4.72. The first-order valence-electron chi connectivity index (χ1n) is 8.30. The van der Waals surface area contributed by atoms with Crippen LogP contribution < -0.4 is 4.74 Å². The van der Waals surface area contributed by atoms with Crippen molar-refractivity contribution in [2.24, 2.45) is 4.99 Å². The quantitative estimate of drug-likeness (QED) is 0.361. The molecule has 0 amide bonds. The average Bonchev–Trinajstić information content (AvgIpc) is 2.63. The lowest BCUT2D eigenvalue weighted by molar-refractivity contribution is 0.304. The molecule has 2 nitrogen and oxygen atoms in total. The number of nitrogens with zero attached hydrogens (tertiary/aromatic N) is 1. The summed E-state index contributed by atoms with van der Waals surface area (Å²) >= 11 is 7.03. The average molecular weight is 473 g/mol. The smallest absolute Gasteiger partial charge is 0.134 e. The fourth-order valence-corrected chi connectivity index (χ4v) is 3.25. The molecule has 0 heterocycles. The van der Waals surface area contributed by atoms with Crippen molar-refractivity contribution in [1.82, 2.24) is 0 Å². The van der Waals surface area contributed by atoms with Gasteiger partial charge in [-0.05, 0) is 88.4 Å². The van der Waals surface area contributed by atoms with Crippen molar-refractivity contribution in [1.29, 1.82) is 0 Å². The van der Waals surface area contributed by atoms with Crippen molar-refractivity contribution in [2.45, 2.75) is 20.5 Å². The number of benzene rings is 3. The summed E-state index contributed by atoms with van der Waals surface area (Å²) in [5.41, 5.74) is 5.60. The Bertz CT molecular complexity index is 933. The summed E-state index contributed by atoms with van der Waals surface area (Å²) in [7, 11) is 0. The highest BCUT2D eigenvalue weighted by molar-refractivity contribution is 9.10. The Morgan fingerprint density at radius 1 is 0.962 bits per heavy atom. The highest BCUT2D eigenvalue weighted by atomic mass is 79.9. The third kappa shape index (κ3) is 4.83. The molecule has 0 N–H and O–H groups in total. The van der Waals surface area contributed by atoms with Gasteiger partial charge in [0.1, 0.15) is 12.4 Å². The van der Waals surface area contributed by atoms with Gasteiger partial charge in [0.15, 0.2) is 0 Å². The number of hydrogen-bond acceptors (Lipinski definition) is 2. The van der Waals surface area contributed by atoms with Gasteiger partial charge in [-0.3, -0.25) is 4.99 Å². The second-order valence-corrected chi connectivity index (χ2v) is 7.85. The van der Waals surface area contributed by atoms with E-state index >= 15 is 0 Å². The highest BCUT2D eigenvalue weighted by Crippen LogP contribution is 2.27. The van der Waals surface area contributed by atoms with Crippen molar-refractivity contribution in [2.75, 3.05) is 0 Å². The number of hydrogen-bond donors (Lipinski definition) is 0. The Hall–Kier alpha value is -1.91. The highest BCUT2D eigenvalue weighted by Gasteiger charge is 2.04. The topological polar surface area (TPSA) is 21.6 Å². The lowest BCUT2D eigenvalue weighted by atomic mass is 10.1. The van der Waals surface area contributed by atoms with Crippen LogP contribution in [0.4, 0.5) is 5.69 Å². The molecule has 0 aliphatic rings. The second kappa shape index (κ2) is 8.65. The van der Waals surface area contributed by atoms with E-state index in [2.05, 4.69) is 56.8 Å². The Balaban J connectivity index is 1.70. The monoisotopic (exact) mass is 471 g/mol. The molecule has 132 valence electrons. The Labute approximate surface area is 171 Å². The maximum absolute atomic E-state index is 5.91. The zero-order valence-corrected chi connectivity index (χ0v) is 17.8. The molecule has 0 aromatic heterocycles. The van der Waals surface area contributed by atoms with Gasteiger partial charge in [-0.15, -0.1) is 0 Å². The number of halogens is 2. The van der Waals surface area contributed by atoms with Crippen LogP contribution in [0.15, 0.2) is 74.6 Å². The van der Waals surface area contributed by atoms with Gasteiger partial charge in [0.25, 0.3) is 0 Å². The predicted octanol–water partition coefficient (Wildman–Crippen LogP) is 7.16. The minimum atomic E-state index is 0.530. The molecule has 3 aromatic rings. The minimum Gasteiger partial charge on any atom is -0.488 e. The largest absolute Gasteiger partial charge is 0.488 e. The van der Waals surface area contributed by atoms with Gasteiger partial charge in [0.05, 0.1) is 10.2 Å². The molecule has 0 saturated carbocycles. The molecule has 26 heavy (non-hydrogen) atoms. The van der Waals surface area contributed by atoms with Crippen LogP contribution in [-0.4, -0.2) is 6.21 Å². The van der Waals surface area contributed by atoms with E-state index in [9.17, 15) is 0 Å². The van der Waals surface area contributed by atoms with Gasteiger partial charge in [-0.25, -0.2) is 0 Å². The summed E-state index contributed by atoms with van der Waals surface area (Å²) in [4.78, 5) is 4.62. The minimum absolute atomic E-state index is 0.530. The number of aryl methyl sites for hydroxylation is 1. The van der Waals surface area contributed by atoms with Gasteiger partial charge in [0, 0.05) is 10.7 Å². The zero-order valence-electron chi connectivity index (χ0n) is 14.7. The fourth-order valence-electron chi connectivity index (χ4n) is 2.48. The van der Waals surface area contributed by atoms with Crippen molar-refractivity contribution in [3.63, 3.8) is 0 Å². The van der Waals surface area contributed by atoms with Gasteiger partial charge in [-0.2, -0.15) is 0 Å². The van der Waals surface area contributed by atoms with Crippen molar-refractivity contribution in [3.05, 3.63) is 91.9 Å². The molecule has 0 radical (unpaired) electrons. The first kappa shape index (κ1) is 18.9. The standard InChI is InChI=1S/C22H19Br2NO/c1-15-4-3-5-21(16(15)2)25-13-18-8-11-22(20(24)12-18)26-14-17-6-9-19(23)10-7-17/h3-13H,14H2,1-2H3. The van der Waals surface area contributed by atoms with Gasteiger partial charge < -0.3 is 4.74 Å². The van der Waals surface area contributed by atoms with Crippen LogP contribution in [0.3, 0.4) is 0 Å². The Morgan fingerprint density at radius 3 is 2.46 bits per heavy atom. The second-order valence-electron chi connectivity index (χ2n) is 6.08. The maximum atomic E-state index is 5.91. The molecule has 0 unspecified atom stereocenters.